The molecule has 9 rings (SSSR count). The number of carbonyl (C=O) groups excluding carboxylic acids is 3. The van der Waals surface area contributed by atoms with Crippen molar-refractivity contribution in [1.29, 1.82) is 0 Å². The van der Waals surface area contributed by atoms with Crippen LogP contribution in [0.3, 0.4) is 0 Å². The molecule has 8 heterocycles. The summed E-state index contributed by atoms with van der Waals surface area (Å²) >= 11 is 12.1. The van der Waals surface area contributed by atoms with E-state index in [-0.39, 0.29) is 48.5 Å². The molecule has 2 amide bonds. The Bertz CT molecular complexity index is 2870. The average molecular weight is 956 g/mol. The zero-order chi connectivity index (χ0) is 46.9. The smallest absolute Gasteiger partial charge is 0.303 e. The second-order valence-corrected chi connectivity index (χ2v) is 17.0. The quantitative estimate of drug-likeness (QED) is 0.0824. The number of ether oxygens (including phenoxy) is 2. The summed E-state index contributed by atoms with van der Waals surface area (Å²) in [5.74, 6) is -0.0269. The number of hydrogen-bond acceptors (Lipinski definition) is 13. The lowest BCUT2D eigenvalue weighted by atomic mass is 9.98. The number of halogens is 4. The number of piperidine rings is 2. The minimum Gasteiger partial charge on any atom is -0.484 e. The summed E-state index contributed by atoms with van der Waals surface area (Å²) in [7, 11) is 0. The SMILES string of the molecule is CC(=O)OCC(=O)N1CCCC(CNc2nc(-c3c[nH]c4ncc(Cl)cc34)ncc2F)C1.O=C(COc1ccccc1)N1CCCC(CNc2nc(-c3c[nH]c4ncc(Cl)cc34)ncc2F)C1. The molecule has 348 valence electrons. The molecule has 0 bridgehead atoms. The Hall–Kier alpha value is -6.99. The van der Waals surface area contributed by atoms with Gasteiger partial charge in [-0.25, -0.2) is 38.7 Å². The van der Waals surface area contributed by atoms with Crippen LogP contribution in [0.4, 0.5) is 20.4 Å². The number of benzene rings is 1. The molecule has 0 radical (unpaired) electrons. The Kier molecular flexibility index (Phi) is 15.0. The summed E-state index contributed by atoms with van der Waals surface area (Å²) in [5, 5.41) is 8.63. The predicted octanol–water partition coefficient (Wildman–Crippen LogP) is 7.57. The monoisotopic (exact) mass is 954 g/mol. The lowest BCUT2D eigenvalue weighted by Gasteiger charge is -2.33. The number of H-pyrrole nitrogens is 2. The van der Waals surface area contributed by atoms with Crippen molar-refractivity contribution in [3.05, 3.63) is 101 Å². The lowest BCUT2D eigenvalue weighted by Crippen LogP contribution is -2.43. The molecule has 6 aromatic heterocycles. The highest BCUT2D eigenvalue weighted by molar-refractivity contribution is 6.31. The number of para-hydroxylation sites is 1. The molecular formula is C46H46Cl2F2N12O5. The maximum atomic E-state index is 14.5. The fraction of sp³-hybridized carbons (Fsp3) is 0.326. The molecule has 0 aliphatic carbocycles. The summed E-state index contributed by atoms with van der Waals surface area (Å²) < 4.78 is 39.3. The molecule has 17 nitrogen and oxygen atoms in total. The van der Waals surface area contributed by atoms with Crippen molar-refractivity contribution in [3.63, 3.8) is 0 Å². The second kappa shape index (κ2) is 21.5. The third-order valence-electron chi connectivity index (χ3n) is 11.3. The van der Waals surface area contributed by atoms with Crippen molar-refractivity contribution < 1.29 is 32.6 Å². The molecule has 2 unspecified atom stereocenters. The van der Waals surface area contributed by atoms with Gasteiger partial charge in [0.1, 0.15) is 17.0 Å². The van der Waals surface area contributed by atoms with Crippen molar-refractivity contribution in [2.45, 2.75) is 32.6 Å². The summed E-state index contributed by atoms with van der Waals surface area (Å²) in [6, 6.07) is 12.8. The minimum absolute atomic E-state index is 0.00243. The van der Waals surface area contributed by atoms with Crippen LogP contribution >= 0.6 is 23.2 Å². The third-order valence-corrected chi connectivity index (χ3v) is 11.7. The number of rotatable bonds is 13. The first-order chi connectivity index (χ1) is 32.5. The van der Waals surface area contributed by atoms with Crippen molar-refractivity contribution in [1.82, 2.24) is 49.7 Å². The van der Waals surface area contributed by atoms with E-state index in [1.54, 1.807) is 35.6 Å². The highest BCUT2D eigenvalue weighted by Gasteiger charge is 2.26. The van der Waals surface area contributed by atoms with Crippen LogP contribution in [-0.4, -0.2) is 120 Å². The average Bonchev–Trinajstić information content (AvgIpc) is 3.96. The summed E-state index contributed by atoms with van der Waals surface area (Å²) in [4.78, 5) is 70.8. The normalized spacial score (nSPS) is 16.0. The van der Waals surface area contributed by atoms with Crippen LogP contribution in [0.5, 0.6) is 5.75 Å². The number of fused-ring (bicyclic) bond motifs is 2. The fourth-order valence-electron chi connectivity index (χ4n) is 7.97. The van der Waals surface area contributed by atoms with Crippen molar-refractivity contribution in [2.75, 3.05) is 63.1 Å². The number of carbonyl (C=O) groups is 3. The number of anilines is 2. The van der Waals surface area contributed by atoms with Crippen molar-refractivity contribution in [2.24, 2.45) is 11.8 Å². The molecule has 2 fully saturated rings. The van der Waals surface area contributed by atoms with Gasteiger partial charge >= 0.3 is 5.97 Å². The van der Waals surface area contributed by atoms with Crippen molar-refractivity contribution in [3.8, 4) is 28.5 Å². The molecule has 67 heavy (non-hydrogen) atoms. The molecule has 1 aromatic carbocycles. The lowest BCUT2D eigenvalue weighted by molar-refractivity contribution is -0.151. The Morgan fingerprint density at radius 3 is 1.70 bits per heavy atom. The number of hydrogen-bond donors (Lipinski definition) is 4. The molecule has 0 saturated carbocycles. The van der Waals surface area contributed by atoms with Crippen LogP contribution in [0, 0.1) is 23.5 Å². The summed E-state index contributed by atoms with van der Waals surface area (Å²) in [5.41, 5.74) is 2.63. The van der Waals surface area contributed by atoms with E-state index in [4.69, 9.17) is 32.7 Å². The number of nitrogens with zero attached hydrogens (tertiary/aromatic N) is 8. The highest BCUT2D eigenvalue weighted by Crippen LogP contribution is 2.30. The molecular weight excluding hydrogens is 909 g/mol. The van der Waals surface area contributed by atoms with Crippen molar-refractivity contribution >= 4 is 74.7 Å². The molecule has 4 N–H and O–H groups in total. The van der Waals surface area contributed by atoms with Gasteiger partial charge in [0.05, 0.1) is 22.4 Å². The number of pyridine rings is 2. The Morgan fingerprint density at radius 1 is 0.716 bits per heavy atom. The molecule has 2 aliphatic rings. The minimum atomic E-state index is -0.566. The topological polar surface area (TPSA) is 209 Å². The van der Waals surface area contributed by atoms with Crippen LogP contribution in [-0.2, 0) is 19.1 Å². The Balaban J connectivity index is 0.000000182. The van der Waals surface area contributed by atoms with Crippen LogP contribution in [0.1, 0.15) is 32.6 Å². The van der Waals surface area contributed by atoms with Gasteiger partial charge in [0.2, 0.25) is 0 Å². The molecule has 2 atom stereocenters. The molecule has 2 aliphatic heterocycles. The van der Waals surface area contributed by atoms with Gasteiger partial charge in [0, 0.05) is 92.9 Å². The first-order valence-corrected chi connectivity index (χ1v) is 22.4. The number of aromatic nitrogens is 8. The van der Waals surface area contributed by atoms with Crippen LogP contribution < -0.4 is 15.4 Å². The van der Waals surface area contributed by atoms with E-state index in [1.165, 1.54) is 13.1 Å². The largest absolute Gasteiger partial charge is 0.484 e. The van der Waals surface area contributed by atoms with Gasteiger partial charge in [-0.2, -0.15) is 0 Å². The van der Waals surface area contributed by atoms with Crippen LogP contribution in [0.25, 0.3) is 44.8 Å². The number of aromatic amines is 2. The Morgan fingerprint density at radius 2 is 1.21 bits per heavy atom. The van der Waals surface area contributed by atoms with E-state index in [2.05, 4.69) is 50.5 Å². The second-order valence-electron chi connectivity index (χ2n) is 16.1. The number of likely N-dealkylation sites (tertiary alicyclic amines) is 2. The maximum absolute atomic E-state index is 14.5. The standard InChI is InChI=1S/C25H24ClFN6O2.C21H22ClFN6O3/c26-17-9-19-20(12-30-23(19)29-11-17)24-31-13-21(27)25(32-24)28-10-16-5-4-8-33(14-16)22(34)15-35-18-6-2-1-3-7-18;1-12(30)32-11-18(31)29-4-2-3-13(10-29)6-24-21-17(23)9-27-20(28-21)16-8-26-19-15(16)5-14(22)7-25-19/h1-3,6-7,9,11-13,16H,4-5,8,10,14-15H2,(H,29,30)(H,28,31,32);5,7-9,13H,2-4,6,10-11H2,1H3,(H,25,26)(H,24,27,28). The van der Waals surface area contributed by atoms with Gasteiger partial charge in [0.25, 0.3) is 11.8 Å². The zero-order valence-electron chi connectivity index (χ0n) is 36.3. The first-order valence-electron chi connectivity index (χ1n) is 21.6. The van der Waals surface area contributed by atoms with E-state index in [0.717, 1.165) is 48.8 Å². The summed E-state index contributed by atoms with van der Waals surface area (Å²) in [6.07, 6.45) is 12.3. The van der Waals surface area contributed by atoms with E-state index < -0.39 is 17.6 Å². The predicted molar refractivity (Wildman–Crippen MR) is 248 cm³/mol. The van der Waals surface area contributed by atoms with Gasteiger partial charge in [0.15, 0.2) is 48.1 Å². The molecule has 21 heteroatoms. The van der Waals surface area contributed by atoms with E-state index in [1.807, 2.05) is 35.2 Å². The fourth-order valence-corrected chi connectivity index (χ4v) is 8.29. The Labute approximate surface area is 393 Å². The number of esters is 1. The van der Waals surface area contributed by atoms with E-state index in [0.29, 0.717) is 89.1 Å². The summed E-state index contributed by atoms with van der Waals surface area (Å²) in [6.45, 7) is 4.30. The van der Waals surface area contributed by atoms with Crippen LogP contribution in [0.2, 0.25) is 10.0 Å². The third kappa shape index (κ3) is 11.9. The van der Waals surface area contributed by atoms with Crippen LogP contribution in [0.15, 0.2) is 79.6 Å². The maximum Gasteiger partial charge on any atom is 0.303 e. The van der Waals surface area contributed by atoms with E-state index in [9.17, 15) is 23.2 Å². The van der Waals surface area contributed by atoms with Gasteiger partial charge in [-0.15, -0.1) is 0 Å². The number of amides is 2. The molecule has 2 saturated heterocycles. The molecule has 7 aromatic rings. The van der Waals surface area contributed by atoms with E-state index >= 15 is 0 Å². The molecule has 0 spiro atoms. The zero-order valence-corrected chi connectivity index (χ0v) is 37.8. The van der Waals surface area contributed by atoms with Gasteiger partial charge in [-0.05, 0) is 61.8 Å². The number of nitrogens with one attached hydrogen (secondary N) is 4. The van der Waals surface area contributed by atoms with Gasteiger partial charge in [-0.3, -0.25) is 14.4 Å². The highest BCUT2D eigenvalue weighted by atomic mass is 35.5. The van der Waals surface area contributed by atoms with Gasteiger partial charge < -0.3 is 39.9 Å². The van der Waals surface area contributed by atoms with Gasteiger partial charge in [-0.1, -0.05) is 41.4 Å². The first kappa shape index (κ1) is 46.5.